The van der Waals surface area contributed by atoms with E-state index in [9.17, 15) is 4.79 Å². The molecule has 5 heteroatoms. The number of carbonyl (C=O) groups is 1. The van der Waals surface area contributed by atoms with Gasteiger partial charge in [0.2, 0.25) is 0 Å². The van der Waals surface area contributed by atoms with Gasteiger partial charge < -0.3 is 20.1 Å². The highest BCUT2D eigenvalue weighted by atomic mass is 16.5. The number of likely N-dealkylation sites (tertiary alicyclic amines) is 1. The number of rotatable bonds is 4. The Labute approximate surface area is 106 Å². The van der Waals surface area contributed by atoms with E-state index in [2.05, 4.69) is 0 Å². The first-order valence-electron chi connectivity index (χ1n) is 5.91. The predicted molar refractivity (Wildman–Crippen MR) is 68.0 cm³/mol. The van der Waals surface area contributed by atoms with Gasteiger partial charge in [0.05, 0.1) is 19.8 Å². The Morgan fingerprint density at radius 3 is 2.67 bits per heavy atom. The minimum Gasteiger partial charge on any atom is -0.497 e. The van der Waals surface area contributed by atoms with Crippen molar-refractivity contribution >= 4 is 5.91 Å². The first-order chi connectivity index (χ1) is 8.69. The standard InChI is InChI=1S/C13H18N2O3/c1-17-10-3-4-12(18-2)11(5-10)13(16)15-7-9(6-14)8-15/h3-5,9H,6-8,14H2,1-2H3. The molecule has 98 valence electrons. The molecule has 1 aliphatic rings. The molecule has 0 saturated carbocycles. The molecule has 1 aromatic rings. The molecular formula is C13H18N2O3. The Hall–Kier alpha value is -1.75. The van der Waals surface area contributed by atoms with Crippen molar-refractivity contribution in [3.63, 3.8) is 0 Å². The van der Waals surface area contributed by atoms with E-state index in [0.717, 1.165) is 13.1 Å². The number of ether oxygens (including phenoxy) is 2. The summed E-state index contributed by atoms with van der Waals surface area (Å²) in [6, 6.07) is 5.22. The number of hydrogen-bond donors (Lipinski definition) is 1. The van der Waals surface area contributed by atoms with E-state index in [1.165, 1.54) is 0 Å². The van der Waals surface area contributed by atoms with Crippen LogP contribution >= 0.6 is 0 Å². The molecule has 0 aliphatic carbocycles. The van der Waals surface area contributed by atoms with Crippen LogP contribution in [0.3, 0.4) is 0 Å². The average molecular weight is 250 g/mol. The summed E-state index contributed by atoms with van der Waals surface area (Å²) in [4.78, 5) is 14.1. The lowest BCUT2D eigenvalue weighted by Gasteiger charge is -2.38. The lowest BCUT2D eigenvalue weighted by Crippen LogP contribution is -2.52. The Morgan fingerprint density at radius 1 is 1.39 bits per heavy atom. The lowest BCUT2D eigenvalue weighted by atomic mass is 9.99. The summed E-state index contributed by atoms with van der Waals surface area (Å²) >= 11 is 0. The number of nitrogens with zero attached hydrogens (tertiary/aromatic N) is 1. The van der Waals surface area contributed by atoms with Crippen molar-refractivity contribution < 1.29 is 14.3 Å². The Kier molecular flexibility index (Phi) is 3.72. The maximum atomic E-state index is 12.3. The molecule has 0 atom stereocenters. The summed E-state index contributed by atoms with van der Waals surface area (Å²) in [5, 5.41) is 0. The van der Waals surface area contributed by atoms with Crippen molar-refractivity contribution in [1.82, 2.24) is 4.90 Å². The highest BCUT2D eigenvalue weighted by Gasteiger charge is 2.31. The second-order valence-electron chi connectivity index (χ2n) is 4.38. The zero-order chi connectivity index (χ0) is 13.1. The SMILES string of the molecule is COc1ccc(OC)c(C(=O)N2CC(CN)C2)c1. The molecule has 1 amide bonds. The maximum Gasteiger partial charge on any atom is 0.257 e. The van der Waals surface area contributed by atoms with E-state index in [-0.39, 0.29) is 5.91 Å². The van der Waals surface area contributed by atoms with Gasteiger partial charge in [0.25, 0.3) is 5.91 Å². The van der Waals surface area contributed by atoms with Gasteiger partial charge in [-0.1, -0.05) is 0 Å². The monoisotopic (exact) mass is 250 g/mol. The van der Waals surface area contributed by atoms with Crippen LogP contribution in [-0.2, 0) is 0 Å². The highest BCUT2D eigenvalue weighted by Crippen LogP contribution is 2.27. The first kappa shape index (κ1) is 12.7. The van der Waals surface area contributed by atoms with E-state index in [1.807, 2.05) is 0 Å². The van der Waals surface area contributed by atoms with Gasteiger partial charge in [0, 0.05) is 19.0 Å². The number of nitrogens with two attached hydrogens (primary N) is 1. The zero-order valence-electron chi connectivity index (χ0n) is 10.7. The quantitative estimate of drug-likeness (QED) is 0.855. The highest BCUT2D eigenvalue weighted by molar-refractivity contribution is 5.97. The van der Waals surface area contributed by atoms with Crippen molar-refractivity contribution in [3.8, 4) is 11.5 Å². The fraction of sp³-hybridized carbons (Fsp3) is 0.462. The summed E-state index contributed by atoms with van der Waals surface area (Å²) in [5.74, 6) is 1.60. The molecule has 1 aromatic carbocycles. The molecule has 0 radical (unpaired) electrons. The predicted octanol–water partition coefficient (Wildman–Crippen LogP) is 0.735. The fourth-order valence-electron chi connectivity index (χ4n) is 2.04. The van der Waals surface area contributed by atoms with Crippen molar-refractivity contribution in [2.45, 2.75) is 0 Å². The summed E-state index contributed by atoms with van der Waals surface area (Å²) in [6.45, 7) is 2.06. The second-order valence-corrected chi connectivity index (χ2v) is 4.38. The molecule has 0 spiro atoms. The Morgan fingerprint density at radius 2 is 2.11 bits per heavy atom. The molecule has 5 nitrogen and oxygen atoms in total. The van der Waals surface area contributed by atoms with E-state index < -0.39 is 0 Å². The van der Waals surface area contributed by atoms with Crippen molar-refractivity contribution in [2.75, 3.05) is 33.9 Å². The normalized spacial score (nSPS) is 15.2. The van der Waals surface area contributed by atoms with Gasteiger partial charge in [-0.25, -0.2) is 0 Å². The van der Waals surface area contributed by atoms with Gasteiger partial charge in [0.1, 0.15) is 11.5 Å². The third-order valence-electron chi connectivity index (χ3n) is 3.21. The summed E-state index contributed by atoms with van der Waals surface area (Å²) in [5.41, 5.74) is 6.09. The van der Waals surface area contributed by atoms with E-state index in [0.29, 0.717) is 29.5 Å². The number of benzene rings is 1. The van der Waals surface area contributed by atoms with Gasteiger partial charge >= 0.3 is 0 Å². The van der Waals surface area contributed by atoms with Gasteiger partial charge in [-0.15, -0.1) is 0 Å². The Bertz CT molecular complexity index is 442. The topological polar surface area (TPSA) is 64.8 Å². The average Bonchev–Trinajstić information content (AvgIpc) is 2.36. The third-order valence-corrected chi connectivity index (χ3v) is 3.21. The van der Waals surface area contributed by atoms with Crippen molar-refractivity contribution in [1.29, 1.82) is 0 Å². The maximum absolute atomic E-state index is 12.3. The summed E-state index contributed by atoms with van der Waals surface area (Å²) in [6.07, 6.45) is 0. The van der Waals surface area contributed by atoms with Gasteiger partial charge in [-0.3, -0.25) is 4.79 Å². The minimum atomic E-state index is -0.0320. The minimum absolute atomic E-state index is 0.0320. The van der Waals surface area contributed by atoms with Crippen LogP contribution in [0.4, 0.5) is 0 Å². The van der Waals surface area contributed by atoms with E-state index in [4.69, 9.17) is 15.2 Å². The molecule has 0 aromatic heterocycles. The molecule has 0 bridgehead atoms. The molecule has 1 saturated heterocycles. The lowest BCUT2D eigenvalue weighted by molar-refractivity contribution is 0.0512. The second kappa shape index (κ2) is 5.27. The van der Waals surface area contributed by atoms with Crippen LogP contribution in [-0.4, -0.2) is 44.7 Å². The summed E-state index contributed by atoms with van der Waals surface area (Å²) < 4.78 is 10.3. The van der Waals surface area contributed by atoms with Gasteiger partial charge in [-0.2, -0.15) is 0 Å². The number of amides is 1. The van der Waals surface area contributed by atoms with Crippen LogP contribution in [0.5, 0.6) is 11.5 Å². The fourth-order valence-corrected chi connectivity index (χ4v) is 2.04. The van der Waals surface area contributed by atoms with Gasteiger partial charge in [-0.05, 0) is 24.7 Å². The molecule has 2 N–H and O–H groups in total. The van der Waals surface area contributed by atoms with Crippen LogP contribution in [0.1, 0.15) is 10.4 Å². The van der Waals surface area contributed by atoms with Crippen LogP contribution in [0.2, 0.25) is 0 Å². The first-order valence-corrected chi connectivity index (χ1v) is 5.91. The van der Waals surface area contributed by atoms with Crippen LogP contribution < -0.4 is 15.2 Å². The number of carbonyl (C=O) groups excluding carboxylic acids is 1. The van der Waals surface area contributed by atoms with Gasteiger partial charge in [0.15, 0.2) is 0 Å². The van der Waals surface area contributed by atoms with Crippen molar-refractivity contribution in [2.24, 2.45) is 11.7 Å². The van der Waals surface area contributed by atoms with E-state index >= 15 is 0 Å². The molecule has 2 rings (SSSR count). The molecular weight excluding hydrogens is 232 g/mol. The number of hydrogen-bond acceptors (Lipinski definition) is 4. The molecule has 18 heavy (non-hydrogen) atoms. The summed E-state index contributed by atoms with van der Waals surface area (Å²) in [7, 11) is 3.13. The molecule has 1 fully saturated rings. The van der Waals surface area contributed by atoms with Crippen LogP contribution in [0.25, 0.3) is 0 Å². The molecule has 1 heterocycles. The smallest absolute Gasteiger partial charge is 0.257 e. The molecule has 0 unspecified atom stereocenters. The van der Waals surface area contributed by atoms with Crippen LogP contribution in [0.15, 0.2) is 18.2 Å². The zero-order valence-corrected chi connectivity index (χ0v) is 10.7. The van der Waals surface area contributed by atoms with Crippen molar-refractivity contribution in [3.05, 3.63) is 23.8 Å². The third kappa shape index (κ3) is 2.26. The largest absolute Gasteiger partial charge is 0.497 e. The van der Waals surface area contributed by atoms with E-state index in [1.54, 1.807) is 37.3 Å². The molecule has 1 aliphatic heterocycles. The number of methoxy groups -OCH3 is 2. The van der Waals surface area contributed by atoms with Crippen LogP contribution in [0, 0.1) is 5.92 Å². The Balaban J connectivity index is 2.18.